The highest BCUT2D eigenvalue weighted by Gasteiger charge is 2.32. The van der Waals surface area contributed by atoms with Crippen LogP contribution in [0, 0.1) is 5.41 Å². The summed E-state index contributed by atoms with van der Waals surface area (Å²) in [5.41, 5.74) is -0.585. The first-order chi connectivity index (χ1) is 8.71. The molecule has 0 fully saturated rings. The lowest BCUT2D eigenvalue weighted by molar-refractivity contribution is -0.141. The minimum atomic E-state index is -1.07. The molecule has 0 bridgehead atoms. The first-order valence-corrected chi connectivity index (χ1v) is 5.87. The highest BCUT2D eigenvalue weighted by molar-refractivity contribution is 5.83. The molecule has 8 heteroatoms. The summed E-state index contributed by atoms with van der Waals surface area (Å²) < 4.78 is 0. The summed E-state index contributed by atoms with van der Waals surface area (Å²) in [5, 5.41) is 20.4. The second-order valence-electron chi connectivity index (χ2n) is 5.35. The van der Waals surface area contributed by atoms with Crippen LogP contribution in [0.25, 0.3) is 0 Å². The van der Waals surface area contributed by atoms with Gasteiger partial charge in [0.1, 0.15) is 18.2 Å². The van der Waals surface area contributed by atoms with E-state index < -0.39 is 29.5 Å². The third-order valence-corrected chi connectivity index (χ3v) is 2.58. The molecule has 0 aromatic carbocycles. The van der Waals surface area contributed by atoms with Gasteiger partial charge in [-0.15, -0.1) is 0 Å². The molecule has 0 radical (unpaired) electrons. The largest absolute Gasteiger partial charge is 0.480 e. The van der Waals surface area contributed by atoms with Crippen LogP contribution in [0.15, 0.2) is 6.33 Å². The molecule has 2 amide bonds. The molecule has 0 spiro atoms. The van der Waals surface area contributed by atoms with Crippen molar-refractivity contribution in [2.45, 2.75) is 39.8 Å². The Morgan fingerprint density at radius 1 is 1.37 bits per heavy atom. The molecule has 4 N–H and O–H groups in total. The molecule has 106 valence electrons. The zero-order valence-corrected chi connectivity index (χ0v) is 11.4. The number of aromatic amines is 1. The van der Waals surface area contributed by atoms with E-state index in [0.717, 1.165) is 0 Å². The lowest BCUT2D eigenvalue weighted by Gasteiger charge is -2.28. The third-order valence-electron chi connectivity index (χ3n) is 2.58. The van der Waals surface area contributed by atoms with Crippen LogP contribution in [0.2, 0.25) is 0 Å². The van der Waals surface area contributed by atoms with Crippen LogP contribution >= 0.6 is 0 Å². The maximum absolute atomic E-state index is 11.8. The summed E-state index contributed by atoms with van der Waals surface area (Å²) in [6, 6.07) is -1.93. The van der Waals surface area contributed by atoms with E-state index in [9.17, 15) is 9.59 Å². The zero-order valence-electron chi connectivity index (χ0n) is 11.4. The number of hydrogen-bond acceptors (Lipinski definition) is 4. The van der Waals surface area contributed by atoms with Crippen molar-refractivity contribution in [2.24, 2.45) is 5.41 Å². The van der Waals surface area contributed by atoms with E-state index in [1.54, 1.807) is 27.7 Å². The minimum absolute atomic E-state index is 0.392. The van der Waals surface area contributed by atoms with E-state index in [2.05, 4.69) is 25.8 Å². The molecule has 1 unspecified atom stereocenters. The summed E-state index contributed by atoms with van der Waals surface area (Å²) in [5.74, 6) is -0.576. The van der Waals surface area contributed by atoms with Crippen LogP contribution in [0.5, 0.6) is 0 Å². The van der Waals surface area contributed by atoms with Crippen molar-refractivity contribution in [3.05, 3.63) is 12.2 Å². The molecule has 0 aliphatic carbocycles. The Morgan fingerprint density at radius 2 is 2.00 bits per heavy atom. The Morgan fingerprint density at radius 3 is 2.42 bits per heavy atom. The van der Waals surface area contributed by atoms with Gasteiger partial charge in [0.2, 0.25) is 0 Å². The number of hydrogen-bond donors (Lipinski definition) is 4. The molecule has 1 rings (SSSR count). The summed E-state index contributed by atoms with van der Waals surface area (Å²) >= 11 is 0. The number of urea groups is 1. The van der Waals surface area contributed by atoms with Gasteiger partial charge in [0.05, 0.1) is 6.04 Å². The average molecular weight is 269 g/mol. The van der Waals surface area contributed by atoms with Crippen LogP contribution in [0.1, 0.15) is 39.6 Å². The van der Waals surface area contributed by atoms with Gasteiger partial charge in [0, 0.05) is 0 Å². The van der Waals surface area contributed by atoms with Crippen LogP contribution in [0.3, 0.4) is 0 Å². The number of carbonyl (C=O) groups excluding carboxylic acids is 1. The molecule has 0 saturated carbocycles. The molecular weight excluding hydrogens is 250 g/mol. The SMILES string of the molecule is CC(NC(=O)N[C@H](C(=O)O)C(C)(C)C)c1ncn[nH]1. The number of rotatable bonds is 4. The van der Waals surface area contributed by atoms with Crippen molar-refractivity contribution in [1.82, 2.24) is 25.8 Å². The number of nitrogens with zero attached hydrogens (tertiary/aromatic N) is 2. The Kier molecular flexibility index (Phi) is 4.47. The molecular formula is C11H19N5O3. The number of carboxylic acids is 1. The van der Waals surface area contributed by atoms with Crippen LogP contribution in [-0.2, 0) is 4.79 Å². The molecule has 8 nitrogen and oxygen atoms in total. The molecule has 0 aliphatic rings. The normalized spacial score (nSPS) is 14.5. The number of H-pyrrole nitrogens is 1. The minimum Gasteiger partial charge on any atom is -0.480 e. The second kappa shape index (κ2) is 5.68. The maximum Gasteiger partial charge on any atom is 0.326 e. The Bertz CT molecular complexity index is 438. The Labute approximate surface area is 111 Å². The fourth-order valence-corrected chi connectivity index (χ4v) is 1.51. The van der Waals surface area contributed by atoms with E-state index in [1.165, 1.54) is 6.33 Å². The first-order valence-electron chi connectivity index (χ1n) is 5.87. The topological polar surface area (TPSA) is 120 Å². The molecule has 1 heterocycles. The van der Waals surface area contributed by atoms with Gasteiger partial charge < -0.3 is 15.7 Å². The average Bonchev–Trinajstić information content (AvgIpc) is 2.77. The van der Waals surface area contributed by atoms with Crippen molar-refractivity contribution in [3.8, 4) is 0 Å². The molecule has 1 aromatic rings. The highest BCUT2D eigenvalue weighted by atomic mass is 16.4. The quantitative estimate of drug-likeness (QED) is 0.640. The monoisotopic (exact) mass is 269 g/mol. The summed E-state index contributed by atoms with van der Waals surface area (Å²) in [7, 11) is 0. The number of amides is 2. The van der Waals surface area contributed by atoms with Crippen LogP contribution < -0.4 is 10.6 Å². The van der Waals surface area contributed by atoms with Crippen molar-refractivity contribution in [2.75, 3.05) is 0 Å². The Balaban J connectivity index is 2.61. The van der Waals surface area contributed by atoms with E-state index in [0.29, 0.717) is 5.82 Å². The third kappa shape index (κ3) is 4.23. The van der Waals surface area contributed by atoms with Crippen LogP contribution in [-0.4, -0.2) is 38.3 Å². The van der Waals surface area contributed by atoms with Crippen LogP contribution in [0.4, 0.5) is 4.79 Å². The fraction of sp³-hybridized carbons (Fsp3) is 0.636. The van der Waals surface area contributed by atoms with Gasteiger partial charge in [-0.2, -0.15) is 5.10 Å². The number of aliphatic carboxylic acids is 1. The summed E-state index contributed by atoms with van der Waals surface area (Å²) in [6.45, 7) is 6.94. The van der Waals surface area contributed by atoms with Crippen molar-refractivity contribution < 1.29 is 14.7 Å². The lowest BCUT2D eigenvalue weighted by Crippen LogP contribution is -2.52. The zero-order chi connectivity index (χ0) is 14.6. The lowest BCUT2D eigenvalue weighted by atomic mass is 9.87. The van der Waals surface area contributed by atoms with Gasteiger partial charge in [-0.1, -0.05) is 20.8 Å². The van der Waals surface area contributed by atoms with Gasteiger partial charge in [0.15, 0.2) is 0 Å². The maximum atomic E-state index is 11.8. The van der Waals surface area contributed by atoms with Crippen molar-refractivity contribution >= 4 is 12.0 Å². The smallest absolute Gasteiger partial charge is 0.326 e. The summed E-state index contributed by atoms with van der Waals surface area (Å²) in [4.78, 5) is 26.8. The van der Waals surface area contributed by atoms with Gasteiger partial charge in [-0.05, 0) is 12.3 Å². The molecule has 2 atom stereocenters. The van der Waals surface area contributed by atoms with Crippen molar-refractivity contribution in [1.29, 1.82) is 0 Å². The van der Waals surface area contributed by atoms with E-state index in [4.69, 9.17) is 5.11 Å². The number of nitrogens with one attached hydrogen (secondary N) is 3. The van der Waals surface area contributed by atoms with Gasteiger partial charge >= 0.3 is 12.0 Å². The molecule has 0 aliphatic heterocycles. The predicted octanol–water partition coefficient (Wildman–Crippen LogP) is 0.664. The molecule has 1 aromatic heterocycles. The highest BCUT2D eigenvalue weighted by Crippen LogP contribution is 2.19. The molecule has 19 heavy (non-hydrogen) atoms. The standard InChI is InChI=1S/C11H19N5O3/c1-6(8-12-5-13-16-8)14-10(19)15-7(9(17)18)11(2,3)4/h5-7H,1-4H3,(H,17,18)(H,12,13,16)(H2,14,15,19)/t6?,7-/m1/s1. The number of carbonyl (C=O) groups is 2. The second-order valence-corrected chi connectivity index (χ2v) is 5.35. The van der Waals surface area contributed by atoms with E-state index in [-0.39, 0.29) is 0 Å². The summed E-state index contributed by atoms with van der Waals surface area (Å²) in [6.07, 6.45) is 1.33. The van der Waals surface area contributed by atoms with Gasteiger partial charge in [-0.3, -0.25) is 5.10 Å². The Hall–Kier alpha value is -2.12. The van der Waals surface area contributed by atoms with Gasteiger partial charge in [-0.25, -0.2) is 14.6 Å². The van der Waals surface area contributed by atoms with Crippen molar-refractivity contribution in [3.63, 3.8) is 0 Å². The predicted molar refractivity (Wildman–Crippen MR) is 67.3 cm³/mol. The first kappa shape index (κ1) is 14.9. The molecule has 0 saturated heterocycles. The number of carboxylic acid groups (broad SMARTS) is 1. The van der Waals surface area contributed by atoms with Gasteiger partial charge in [0.25, 0.3) is 0 Å². The van der Waals surface area contributed by atoms with E-state index >= 15 is 0 Å². The number of aromatic nitrogens is 3. The fourth-order valence-electron chi connectivity index (χ4n) is 1.51. The van der Waals surface area contributed by atoms with E-state index in [1.807, 2.05) is 0 Å².